The lowest BCUT2D eigenvalue weighted by atomic mass is 9.99. The largest absolute Gasteiger partial charge is 0.487 e. The van der Waals surface area contributed by atoms with Gasteiger partial charge in [0.15, 0.2) is 0 Å². The minimum atomic E-state index is -3.89. The van der Waals surface area contributed by atoms with Crippen LogP contribution in [0.3, 0.4) is 0 Å². The second-order valence-electron chi connectivity index (χ2n) is 10.2. The molecule has 0 saturated heterocycles. The zero-order valence-corrected chi connectivity index (χ0v) is 23.6. The first-order chi connectivity index (χ1) is 17.8. The molecule has 11 heteroatoms. The Bertz CT molecular complexity index is 1250. The number of aliphatic hydroxyl groups is 1. The molecule has 0 aromatic heterocycles. The monoisotopic (exact) mass is 546 g/mol. The summed E-state index contributed by atoms with van der Waals surface area (Å²) in [5, 5.41) is 12.7. The standard InChI is InChI=1S/C27H38N4O6S/c1-17(2)28-27(34)30(6)15-25-19(4)14-31(20(5)16-32)26(33)23-13-21(9-12-24(23)37-25)29-38(35,36)22-10-7-18(3)8-11-22/h7-13,17,19-20,25,29,32H,14-16H2,1-6H3,(H,28,34)/t19-,20-,25-/m0/s1. The number of fused-ring (bicyclic) bond motifs is 1. The van der Waals surface area contributed by atoms with E-state index < -0.39 is 22.2 Å². The van der Waals surface area contributed by atoms with Crippen LogP contribution in [0.1, 0.15) is 43.6 Å². The summed E-state index contributed by atoms with van der Waals surface area (Å²) in [6.45, 7) is 9.59. The number of anilines is 1. The van der Waals surface area contributed by atoms with Crippen LogP contribution in [0, 0.1) is 12.8 Å². The molecule has 0 spiro atoms. The van der Waals surface area contributed by atoms with Crippen molar-refractivity contribution in [1.29, 1.82) is 0 Å². The number of likely N-dealkylation sites (N-methyl/N-ethyl adjacent to an activating group) is 1. The summed E-state index contributed by atoms with van der Waals surface area (Å²) in [7, 11) is -2.21. The van der Waals surface area contributed by atoms with Gasteiger partial charge in [-0.05, 0) is 58.0 Å². The minimum Gasteiger partial charge on any atom is -0.487 e. The van der Waals surface area contributed by atoms with E-state index in [1.807, 2.05) is 27.7 Å². The predicted molar refractivity (Wildman–Crippen MR) is 146 cm³/mol. The summed E-state index contributed by atoms with van der Waals surface area (Å²) in [6.07, 6.45) is -0.465. The number of sulfonamides is 1. The van der Waals surface area contributed by atoms with Crippen molar-refractivity contribution in [3.8, 4) is 5.75 Å². The molecule has 2 aromatic carbocycles. The molecular weight excluding hydrogens is 508 g/mol. The lowest BCUT2D eigenvalue weighted by Gasteiger charge is -2.38. The average Bonchev–Trinajstić information content (AvgIpc) is 2.85. The van der Waals surface area contributed by atoms with Gasteiger partial charge in [-0.1, -0.05) is 24.6 Å². The molecule has 3 N–H and O–H groups in total. The van der Waals surface area contributed by atoms with Crippen molar-refractivity contribution in [3.05, 3.63) is 53.6 Å². The van der Waals surface area contributed by atoms with Crippen molar-refractivity contribution >= 4 is 27.6 Å². The summed E-state index contributed by atoms with van der Waals surface area (Å²) < 4.78 is 34.7. The topological polar surface area (TPSA) is 128 Å². The molecule has 0 fully saturated rings. The van der Waals surface area contributed by atoms with Gasteiger partial charge in [0.05, 0.1) is 29.7 Å². The Morgan fingerprint density at radius 1 is 1.18 bits per heavy atom. The van der Waals surface area contributed by atoms with Crippen molar-refractivity contribution in [3.63, 3.8) is 0 Å². The van der Waals surface area contributed by atoms with Gasteiger partial charge in [0.25, 0.3) is 15.9 Å². The molecule has 1 aliphatic rings. The normalized spacial score (nSPS) is 18.6. The van der Waals surface area contributed by atoms with Crippen LogP contribution in [0.4, 0.5) is 10.5 Å². The van der Waals surface area contributed by atoms with E-state index in [1.165, 1.54) is 29.2 Å². The third-order valence-electron chi connectivity index (χ3n) is 6.46. The third-order valence-corrected chi connectivity index (χ3v) is 7.86. The van der Waals surface area contributed by atoms with Crippen LogP contribution in [0.2, 0.25) is 0 Å². The maximum Gasteiger partial charge on any atom is 0.317 e. The summed E-state index contributed by atoms with van der Waals surface area (Å²) >= 11 is 0. The van der Waals surface area contributed by atoms with Crippen LogP contribution in [0.15, 0.2) is 47.4 Å². The smallest absolute Gasteiger partial charge is 0.317 e. The number of benzene rings is 2. The van der Waals surface area contributed by atoms with Gasteiger partial charge in [0.2, 0.25) is 0 Å². The van der Waals surface area contributed by atoms with Gasteiger partial charge < -0.3 is 25.0 Å². The highest BCUT2D eigenvalue weighted by Crippen LogP contribution is 2.31. The summed E-state index contributed by atoms with van der Waals surface area (Å²) in [5.41, 5.74) is 1.30. The number of nitrogens with zero attached hydrogens (tertiary/aromatic N) is 2. The number of urea groups is 1. The molecule has 3 atom stereocenters. The van der Waals surface area contributed by atoms with Crippen LogP contribution in [0.25, 0.3) is 0 Å². The number of aliphatic hydroxyl groups excluding tert-OH is 1. The fraction of sp³-hybridized carbons (Fsp3) is 0.481. The van der Waals surface area contributed by atoms with Crippen molar-refractivity contribution in [1.82, 2.24) is 15.1 Å². The number of carbonyl (C=O) groups excluding carboxylic acids is 2. The molecule has 3 amide bonds. The van der Waals surface area contributed by atoms with Gasteiger partial charge in [0.1, 0.15) is 11.9 Å². The Balaban J connectivity index is 1.96. The molecule has 2 aromatic rings. The molecule has 3 rings (SSSR count). The van der Waals surface area contributed by atoms with E-state index in [0.29, 0.717) is 0 Å². The van der Waals surface area contributed by atoms with E-state index in [9.17, 15) is 23.1 Å². The Morgan fingerprint density at radius 3 is 2.45 bits per heavy atom. The number of amides is 3. The highest BCUT2D eigenvalue weighted by atomic mass is 32.2. The second-order valence-corrected chi connectivity index (χ2v) is 11.9. The predicted octanol–water partition coefficient (Wildman–Crippen LogP) is 3.07. The first-order valence-corrected chi connectivity index (χ1v) is 14.1. The number of rotatable bonds is 8. The summed E-state index contributed by atoms with van der Waals surface area (Å²) in [6, 6.07) is 10.2. The van der Waals surface area contributed by atoms with Crippen LogP contribution >= 0.6 is 0 Å². The Morgan fingerprint density at radius 2 is 1.84 bits per heavy atom. The van der Waals surface area contributed by atoms with Crippen LogP contribution in [-0.4, -0.2) is 80.2 Å². The summed E-state index contributed by atoms with van der Waals surface area (Å²) in [5.74, 6) is -0.276. The zero-order valence-electron chi connectivity index (χ0n) is 22.8. The summed E-state index contributed by atoms with van der Waals surface area (Å²) in [4.78, 5) is 29.3. The van der Waals surface area contributed by atoms with Gasteiger partial charge in [-0.25, -0.2) is 13.2 Å². The highest BCUT2D eigenvalue weighted by molar-refractivity contribution is 7.92. The number of aryl methyl sites for hydroxylation is 1. The fourth-order valence-electron chi connectivity index (χ4n) is 4.15. The molecule has 1 heterocycles. The molecule has 208 valence electrons. The molecular formula is C27H38N4O6S. The molecule has 1 aliphatic heterocycles. The van der Waals surface area contributed by atoms with Gasteiger partial charge in [-0.3, -0.25) is 9.52 Å². The first-order valence-electron chi connectivity index (χ1n) is 12.7. The molecule has 0 saturated carbocycles. The lowest BCUT2D eigenvalue weighted by Crippen LogP contribution is -2.51. The molecule has 0 unspecified atom stereocenters. The van der Waals surface area contributed by atoms with E-state index in [2.05, 4.69) is 10.0 Å². The Kier molecular flexibility index (Phi) is 9.26. The van der Waals surface area contributed by atoms with Crippen LogP contribution in [-0.2, 0) is 10.0 Å². The first kappa shape index (κ1) is 29.2. The van der Waals surface area contributed by atoms with Crippen molar-refractivity contribution in [2.75, 3.05) is 31.5 Å². The van der Waals surface area contributed by atoms with E-state index in [1.54, 1.807) is 37.1 Å². The van der Waals surface area contributed by atoms with Gasteiger partial charge in [0, 0.05) is 31.2 Å². The minimum absolute atomic E-state index is 0.0259. The molecule has 0 bridgehead atoms. The number of carbonyl (C=O) groups is 2. The van der Waals surface area contributed by atoms with E-state index >= 15 is 0 Å². The molecule has 0 radical (unpaired) electrons. The Labute approximate surface area is 225 Å². The number of hydrogen-bond donors (Lipinski definition) is 3. The van der Waals surface area contributed by atoms with Crippen molar-refractivity contribution < 1.29 is 27.9 Å². The molecule has 10 nitrogen and oxygen atoms in total. The van der Waals surface area contributed by atoms with E-state index in [4.69, 9.17) is 4.74 Å². The third kappa shape index (κ3) is 6.96. The van der Waals surface area contributed by atoms with Gasteiger partial charge >= 0.3 is 6.03 Å². The maximum absolute atomic E-state index is 13.6. The highest BCUT2D eigenvalue weighted by Gasteiger charge is 2.34. The van der Waals surface area contributed by atoms with Gasteiger partial charge in [-0.2, -0.15) is 0 Å². The lowest BCUT2D eigenvalue weighted by molar-refractivity contribution is 0.0366. The van der Waals surface area contributed by atoms with Crippen LogP contribution < -0.4 is 14.8 Å². The van der Waals surface area contributed by atoms with Crippen molar-refractivity contribution in [2.24, 2.45) is 5.92 Å². The second kappa shape index (κ2) is 12.0. The molecule has 0 aliphatic carbocycles. The van der Waals surface area contributed by atoms with E-state index in [-0.39, 0.29) is 65.5 Å². The maximum atomic E-state index is 13.6. The van der Waals surface area contributed by atoms with Crippen molar-refractivity contribution in [2.45, 2.75) is 57.7 Å². The SMILES string of the molecule is Cc1ccc(S(=O)(=O)Nc2ccc3c(c2)C(=O)N([C@@H](C)CO)C[C@H](C)[C@H](CN(C)C(=O)NC(C)C)O3)cc1. The quantitative estimate of drug-likeness (QED) is 0.467. The van der Waals surface area contributed by atoms with E-state index in [0.717, 1.165) is 5.56 Å². The Hall–Kier alpha value is -3.31. The zero-order chi connectivity index (χ0) is 28.2. The van der Waals surface area contributed by atoms with Crippen LogP contribution in [0.5, 0.6) is 5.75 Å². The fourth-order valence-corrected chi connectivity index (χ4v) is 5.19. The molecule has 38 heavy (non-hydrogen) atoms. The average molecular weight is 547 g/mol. The number of ether oxygens (including phenoxy) is 1. The number of hydrogen-bond acceptors (Lipinski definition) is 6. The number of nitrogens with one attached hydrogen (secondary N) is 2. The van der Waals surface area contributed by atoms with Gasteiger partial charge in [-0.15, -0.1) is 0 Å².